The molecule has 0 saturated heterocycles. The number of rotatable bonds is 3. The molecule has 1 atom stereocenters. The van der Waals surface area contributed by atoms with Crippen molar-refractivity contribution in [2.75, 3.05) is 0 Å². The van der Waals surface area contributed by atoms with Crippen molar-refractivity contribution in [2.45, 2.75) is 32.7 Å². The van der Waals surface area contributed by atoms with E-state index in [2.05, 4.69) is 38.1 Å². The molecule has 1 rings (SSSR count). The van der Waals surface area contributed by atoms with Gasteiger partial charge in [-0.25, -0.2) is 0 Å². The molecule has 0 aliphatic rings. The summed E-state index contributed by atoms with van der Waals surface area (Å²) in [5.41, 5.74) is 8.60. The summed E-state index contributed by atoms with van der Waals surface area (Å²) in [4.78, 5) is 0. The van der Waals surface area contributed by atoms with E-state index >= 15 is 0 Å². The number of aryl methyl sites for hydroxylation is 1. The van der Waals surface area contributed by atoms with Crippen LogP contribution in [0.2, 0.25) is 0 Å². The summed E-state index contributed by atoms with van der Waals surface area (Å²) >= 11 is 0. The summed E-state index contributed by atoms with van der Waals surface area (Å²) in [6, 6.07) is 8.56. The van der Waals surface area contributed by atoms with Gasteiger partial charge in [-0.3, -0.25) is 0 Å². The van der Waals surface area contributed by atoms with Crippen molar-refractivity contribution in [3.05, 3.63) is 35.4 Å². The molecule has 12 heavy (non-hydrogen) atoms. The molecule has 0 aromatic heterocycles. The first-order chi connectivity index (χ1) is 5.75. The van der Waals surface area contributed by atoms with E-state index in [-0.39, 0.29) is 6.04 Å². The first-order valence-corrected chi connectivity index (χ1v) is 4.56. The minimum absolute atomic E-state index is 0.219. The average molecular weight is 163 g/mol. The van der Waals surface area contributed by atoms with Crippen molar-refractivity contribution in [1.82, 2.24) is 0 Å². The smallest absolute Gasteiger partial charge is 0.0297 e. The first-order valence-electron chi connectivity index (χ1n) is 4.56. The van der Waals surface area contributed by atoms with Gasteiger partial charge in [-0.05, 0) is 24.5 Å². The Bertz CT molecular complexity index is 243. The molecule has 2 N–H and O–H groups in total. The van der Waals surface area contributed by atoms with Gasteiger partial charge in [-0.2, -0.15) is 0 Å². The molecule has 0 spiro atoms. The van der Waals surface area contributed by atoms with Gasteiger partial charge in [-0.1, -0.05) is 37.6 Å². The Morgan fingerprint density at radius 3 is 2.58 bits per heavy atom. The van der Waals surface area contributed by atoms with Gasteiger partial charge in [-0.15, -0.1) is 0 Å². The van der Waals surface area contributed by atoms with Crippen LogP contribution in [0.4, 0.5) is 0 Å². The van der Waals surface area contributed by atoms with Gasteiger partial charge >= 0.3 is 0 Å². The number of benzene rings is 1. The van der Waals surface area contributed by atoms with E-state index in [4.69, 9.17) is 5.73 Å². The monoisotopic (exact) mass is 163 g/mol. The van der Waals surface area contributed by atoms with Crippen molar-refractivity contribution in [3.8, 4) is 0 Å². The molecule has 0 aliphatic carbocycles. The molecule has 0 fully saturated rings. The summed E-state index contributed by atoms with van der Waals surface area (Å²) in [5, 5.41) is 0. The Hall–Kier alpha value is -0.820. The first kappa shape index (κ1) is 9.27. The summed E-state index contributed by atoms with van der Waals surface area (Å²) in [6.45, 7) is 4.28. The van der Waals surface area contributed by atoms with E-state index in [0.29, 0.717) is 0 Å². The van der Waals surface area contributed by atoms with Crippen LogP contribution in [-0.2, 0) is 0 Å². The van der Waals surface area contributed by atoms with Gasteiger partial charge in [0.15, 0.2) is 0 Å². The predicted octanol–water partition coefficient (Wildman–Crippen LogP) is 2.79. The van der Waals surface area contributed by atoms with Crippen LogP contribution < -0.4 is 5.73 Å². The molecule has 1 aromatic rings. The molecule has 1 unspecified atom stereocenters. The fraction of sp³-hybridized carbons (Fsp3) is 0.455. The lowest BCUT2D eigenvalue weighted by molar-refractivity contribution is 0.635. The zero-order valence-electron chi connectivity index (χ0n) is 7.88. The number of hydrogen-bond donors (Lipinski definition) is 1. The van der Waals surface area contributed by atoms with Gasteiger partial charge in [0.05, 0.1) is 0 Å². The van der Waals surface area contributed by atoms with Crippen molar-refractivity contribution >= 4 is 0 Å². The second kappa shape index (κ2) is 4.27. The molecule has 1 aromatic carbocycles. The third-order valence-corrected chi connectivity index (χ3v) is 2.19. The van der Waals surface area contributed by atoms with Gasteiger partial charge < -0.3 is 5.73 Å². The highest BCUT2D eigenvalue weighted by atomic mass is 14.6. The lowest BCUT2D eigenvalue weighted by Crippen LogP contribution is -2.10. The van der Waals surface area contributed by atoms with Gasteiger partial charge in [0.2, 0.25) is 0 Å². The van der Waals surface area contributed by atoms with Crippen LogP contribution >= 0.6 is 0 Å². The van der Waals surface area contributed by atoms with Crippen LogP contribution in [0.1, 0.15) is 36.9 Å². The molecule has 0 amide bonds. The van der Waals surface area contributed by atoms with Gasteiger partial charge in [0.25, 0.3) is 0 Å². The Morgan fingerprint density at radius 2 is 2.00 bits per heavy atom. The van der Waals surface area contributed by atoms with E-state index in [0.717, 1.165) is 12.8 Å². The SMILES string of the molecule is CCCC(N)c1ccccc1C. The minimum atomic E-state index is 0.219. The Kier molecular flexibility index (Phi) is 3.30. The second-order valence-electron chi connectivity index (χ2n) is 3.25. The number of nitrogens with two attached hydrogens (primary N) is 1. The quantitative estimate of drug-likeness (QED) is 0.728. The molecule has 0 heterocycles. The standard InChI is InChI=1S/C11H17N/c1-3-6-11(12)10-8-5-4-7-9(10)2/h4-5,7-8,11H,3,6,12H2,1-2H3. The fourth-order valence-electron chi connectivity index (χ4n) is 1.47. The third-order valence-electron chi connectivity index (χ3n) is 2.19. The minimum Gasteiger partial charge on any atom is -0.324 e. The third kappa shape index (κ3) is 2.08. The zero-order chi connectivity index (χ0) is 8.97. The molecule has 0 aliphatic heterocycles. The topological polar surface area (TPSA) is 26.0 Å². The van der Waals surface area contributed by atoms with Crippen LogP contribution in [0.3, 0.4) is 0 Å². The Balaban J connectivity index is 2.79. The van der Waals surface area contributed by atoms with Gasteiger partial charge in [0.1, 0.15) is 0 Å². The van der Waals surface area contributed by atoms with Crippen molar-refractivity contribution in [3.63, 3.8) is 0 Å². The highest BCUT2D eigenvalue weighted by Gasteiger charge is 2.05. The Labute approximate surface area is 74.6 Å². The predicted molar refractivity (Wildman–Crippen MR) is 53.0 cm³/mol. The molecule has 1 nitrogen and oxygen atoms in total. The Morgan fingerprint density at radius 1 is 1.33 bits per heavy atom. The lowest BCUT2D eigenvalue weighted by Gasteiger charge is -2.12. The number of hydrogen-bond acceptors (Lipinski definition) is 1. The normalized spacial score (nSPS) is 12.9. The summed E-state index contributed by atoms with van der Waals surface area (Å²) in [6.07, 6.45) is 2.22. The van der Waals surface area contributed by atoms with Crippen molar-refractivity contribution < 1.29 is 0 Å². The zero-order valence-corrected chi connectivity index (χ0v) is 7.88. The lowest BCUT2D eigenvalue weighted by atomic mass is 9.99. The van der Waals surface area contributed by atoms with Crippen LogP contribution in [-0.4, -0.2) is 0 Å². The van der Waals surface area contributed by atoms with Crippen LogP contribution in [0.5, 0.6) is 0 Å². The van der Waals surface area contributed by atoms with E-state index < -0.39 is 0 Å². The molecule has 0 bridgehead atoms. The largest absolute Gasteiger partial charge is 0.324 e. The fourth-order valence-corrected chi connectivity index (χ4v) is 1.47. The molecule has 66 valence electrons. The van der Waals surface area contributed by atoms with E-state index in [1.54, 1.807) is 0 Å². The van der Waals surface area contributed by atoms with E-state index in [1.807, 2.05) is 0 Å². The second-order valence-corrected chi connectivity index (χ2v) is 3.25. The molecular weight excluding hydrogens is 146 g/mol. The maximum atomic E-state index is 6.01. The van der Waals surface area contributed by atoms with Crippen LogP contribution in [0.25, 0.3) is 0 Å². The average Bonchev–Trinajstić information content (AvgIpc) is 2.05. The molecule has 1 heteroatoms. The van der Waals surface area contributed by atoms with Crippen molar-refractivity contribution in [1.29, 1.82) is 0 Å². The molecule has 0 radical (unpaired) electrons. The van der Waals surface area contributed by atoms with Crippen LogP contribution in [0.15, 0.2) is 24.3 Å². The highest BCUT2D eigenvalue weighted by Crippen LogP contribution is 2.18. The highest BCUT2D eigenvalue weighted by molar-refractivity contribution is 5.28. The molecular formula is C11H17N. The summed E-state index contributed by atoms with van der Waals surface area (Å²) in [5.74, 6) is 0. The summed E-state index contributed by atoms with van der Waals surface area (Å²) < 4.78 is 0. The van der Waals surface area contributed by atoms with E-state index in [1.165, 1.54) is 11.1 Å². The van der Waals surface area contributed by atoms with E-state index in [9.17, 15) is 0 Å². The summed E-state index contributed by atoms with van der Waals surface area (Å²) in [7, 11) is 0. The van der Waals surface area contributed by atoms with Gasteiger partial charge in [0, 0.05) is 6.04 Å². The maximum Gasteiger partial charge on any atom is 0.0297 e. The maximum absolute atomic E-state index is 6.01. The molecule has 0 saturated carbocycles. The van der Waals surface area contributed by atoms with Crippen LogP contribution in [0, 0.1) is 6.92 Å². The van der Waals surface area contributed by atoms with Crippen molar-refractivity contribution in [2.24, 2.45) is 5.73 Å².